The lowest BCUT2D eigenvalue weighted by Gasteiger charge is -2.22. The molecule has 20 heavy (non-hydrogen) atoms. The molecule has 2 rings (SSSR count). The predicted molar refractivity (Wildman–Crippen MR) is 78.7 cm³/mol. The Bertz CT molecular complexity index is 393. The van der Waals surface area contributed by atoms with E-state index in [0.29, 0.717) is 6.42 Å². The summed E-state index contributed by atoms with van der Waals surface area (Å²) in [5.41, 5.74) is 0.235. The van der Waals surface area contributed by atoms with Gasteiger partial charge in [-0.2, -0.15) is 0 Å². The first kappa shape index (κ1) is 15.4. The van der Waals surface area contributed by atoms with E-state index in [0.717, 1.165) is 25.3 Å². The van der Waals surface area contributed by atoms with Crippen LogP contribution in [0.2, 0.25) is 0 Å². The van der Waals surface area contributed by atoms with E-state index in [1.807, 2.05) is 0 Å². The lowest BCUT2D eigenvalue weighted by atomic mass is 9.93. The van der Waals surface area contributed by atoms with Crippen molar-refractivity contribution in [1.82, 2.24) is 5.32 Å². The molecule has 0 bridgehead atoms. The highest BCUT2D eigenvalue weighted by Crippen LogP contribution is 2.29. The number of rotatable bonds is 7. The average molecular weight is 281 g/mol. The van der Waals surface area contributed by atoms with Gasteiger partial charge in [0.05, 0.1) is 0 Å². The molecular formula is C17H25F2N. The Labute approximate surface area is 120 Å². The third kappa shape index (κ3) is 4.27. The molecule has 3 heteroatoms. The summed E-state index contributed by atoms with van der Waals surface area (Å²) < 4.78 is 27.6. The van der Waals surface area contributed by atoms with Gasteiger partial charge in [0, 0.05) is 11.6 Å². The number of hydrogen-bond donors (Lipinski definition) is 1. The van der Waals surface area contributed by atoms with Gasteiger partial charge in [-0.25, -0.2) is 8.78 Å². The van der Waals surface area contributed by atoms with Gasteiger partial charge in [-0.05, 0) is 43.9 Å². The molecule has 1 nitrogen and oxygen atoms in total. The maximum Gasteiger partial charge on any atom is 0.129 e. The first-order valence-corrected chi connectivity index (χ1v) is 7.87. The van der Waals surface area contributed by atoms with Gasteiger partial charge in [-0.1, -0.05) is 38.7 Å². The second-order valence-electron chi connectivity index (χ2n) is 5.94. The van der Waals surface area contributed by atoms with Crippen LogP contribution in [0.4, 0.5) is 8.78 Å². The van der Waals surface area contributed by atoms with Crippen LogP contribution < -0.4 is 5.32 Å². The molecule has 0 heterocycles. The van der Waals surface area contributed by atoms with Gasteiger partial charge in [0.1, 0.15) is 11.6 Å². The Kier molecular flexibility index (Phi) is 5.96. The third-order valence-corrected chi connectivity index (χ3v) is 4.29. The third-order valence-electron chi connectivity index (χ3n) is 4.29. The van der Waals surface area contributed by atoms with Crippen molar-refractivity contribution in [2.75, 3.05) is 6.54 Å². The van der Waals surface area contributed by atoms with Gasteiger partial charge in [0.25, 0.3) is 0 Å². The maximum atomic E-state index is 13.8. The zero-order valence-corrected chi connectivity index (χ0v) is 12.3. The molecular weight excluding hydrogens is 256 g/mol. The minimum absolute atomic E-state index is 0.185. The van der Waals surface area contributed by atoms with Gasteiger partial charge in [-0.15, -0.1) is 0 Å². The zero-order valence-electron chi connectivity index (χ0n) is 12.3. The highest BCUT2D eigenvalue weighted by Gasteiger charge is 2.22. The minimum Gasteiger partial charge on any atom is -0.314 e. The van der Waals surface area contributed by atoms with E-state index < -0.39 is 11.6 Å². The van der Waals surface area contributed by atoms with Crippen molar-refractivity contribution in [3.63, 3.8) is 0 Å². The van der Waals surface area contributed by atoms with Gasteiger partial charge >= 0.3 is 0 Å². The summed E-state index contributed by atoms with van der Waals surface area (Å²) in [7, 11) is 0. The molecule has 1 N–H and O–H groups in total. The summed E-state index contributed by atoms with van der Waals surface area (Å²) in [6.07, 6.45) is 7.68. The van der Waals surface area contributed by atoms with Crippen LogP contribution in [0.15, 0.2) is 18.2 Å². The summed E-state index contributed by atoms with van der Waals surface area (Å²) in [5.74, 6) is -0.112. The summed E-state index contributed by atoms with van der Waals surface area (Å²) in [6, 6.07) is 4.32. The molecule has 1 aliphatic carbocycles. The molecule has 1 aromatic carbocycles. The normalized spacial score (nSPS) is 17.6. The van der Waals surface area contributed by atoms with E-state index in [2.05, 4.69) is 12.2 Å². The van der Waals surface area contributed by atoms with Crippen LogP contribution in [0.1, 0.15) is 51.0 Å². The quantitative estimate of drug-likeness (QED) is 0.778. The van der Waals surface area contributed by atoms with Gasteiger partial charge in [-0.3, -0.25) is 0 Å². The average Bonchev–Trinajstić information content (AvgIpc) is 2.93. The van der Waals surface area contributed by atoms with Crippen LogP contribution in [0.25, 0.3) is 0 Å². The number of hydrogen-bond acceptors (Lipinski definition) is 1. The monoisotopic (exact) mass is 281 g/mol. The molecule has 0 aliphatic heterocycles. The standard InChI is InChI=1S/C17H25F2N/c1-2-10-20-14(11-13-6-3-4-7-13)12-15-16(18)8-5-9-17(15)19/h5,8-9,13-14,20H,2-4,6-7,10-12H2,1H3. The predicted octanol–water partition coefficient (Wildman–Crippen LogP) is 4.46. The van der Waals surface area contributed by atoms with E-state index in [9.17, 15) is 8.78 Å². The Balaban J connectivity index is 2.01. The number of benzene rings is 1. The Hall–Kier alpha value is -0.960. The van der Waals surface area contributed by atoms with E-state index >= 15 is 0 Å². The largest absolute Gasteiger partial charge is 0.314 e. The van der Waals surface area contributed by atoms with Gasteiger partial charge in [0.2, 0.25) is 0 Å². The molecule has 0 aromatic heterocycles. The molecule has 112 valence electrons. The highest BCUT2D eigenvalue weighted by atomic mass is 19.1. The van der Waals surface area contributed by atoms with E-state index in [4.69, 9.17) is 0 Å². The van der Waals surface area contributed by atoms with E-state index in [1.165, 1.54) is 43.9 Å². The summed E-state index contributed by atoms with van der Waals surface area (Å²) in [4.78, 5) is 0. The van der Waals surface area contributed by atoms with Crippen molar-refractivity contribution in [2.45, 2.75) is 57.9 Å². The Morgan fingerprint density at radius 3 is 2.45 bits per heavy atom. The lowest BCUT2D eigenvalue weighted by molar-refractivity contribution is 0.377. The van der Waals surface area contributed by atoms with Crippen molar-refractivity contribution >= 4 is 0 Å². The van der Waals surface area contributed by atoms with Crippen LogP contribution in [-0.4, -0.2) is 12.6 Å². The van der Waals surface area contributed by atoms with Crippen molar-refractivity contribution in [3.05, 3.63) is 35.4 Å². The molecule has 1 saturated carbocycles. The molecule has 1 unspecified atom stereocenters. The summed E-state index contributed by atoms with van der Waals surface area (Å²) >= 11 is 0. The van der Waals surface area contributed by atoms with Crippen LogP contribution in [-0.2, 0) is 6.42 Å². The van der Waals surface area contributed by atoms with E-state index in [1.54, 1.807) is 0 Å². The fraction of sp³-hybridized carbons (Fsp3) is 0.647. The van der Waals surface area contributed by atoms with Gasteiger partial charge in [0.15, 0.2) is 0 Å². The van der Waals surface area contributed by atoms with Gasteiger partial charge < -0.3 is 5.32 Å². The summed E-state index contributed by atoms with van der Waals surface area (Å²) in [5, 5.41) is 3.47. The molecule has 1 aliphatic rings. The fourth-order valence-electron chi connectivity index (χ4n) is 3.21. The molecule has 1 atom stereocenters. The fourth-order valence-corrected chi connectivity index (χ4v) is 3.21. The maximum absolute atomic E-state index is 13.8. The Morgan fingerprint density at radius 2 is 1.85 bits per heavy atom. The number of halogens is 2. The first-order chi connectivity index (χ1) is 9.70. The topological polar surface area (TPSA) is 12.0 Å². The van der Waals surface area contributed by atoms with Crippen molar-refractivity contribution in [1.29, 1.82) is 0 Å². The second kappa shape index (κ2) is 7.72. The molecule has 0 spiro atoms. The van der Waals surface area contributed by atoms with Crippen molar-refractivity contribution in [2.24, 2.45) is 5.92 Å². The van der Waals surface area contributed by atoms with Crippen LogP contribution in [0, 0.1) is 17.6 Å². The molecule has 1 fully saturated rings. The molecule has 0 saturated heterocycles. The molecule has 0 amide bonds. The van der Waals surface area contributed by atoms with Crippen LogP contribution >= 0.6 is 0 Å². The minimum atomic E-state index is -0.417. The molecule has 0 radical (unpaired) electrons. The first-order valence-electron chi connectivity index (χ1n) is 7.87. The lowest BCUT2D eigenvalue weighted by Crippen LogP contribution is -2.34. The Morgan fingerprint density at radius 1 is 1.20 bits per heavy atom. The highest BCUT2D eigenvalue weighted by molar-refractivity contribution is 5.20. The van der Waals surface area contributed by atoms with E-state index in [-0.39, 0.29) is 11.6 Å². The van der Waals surface area contributed by atoms with Crippen molar-refractivity contribution < 1.29 is 8.78 Å². The second-order valence-corrected chi connectivity index (χ2v) is 5.94. The van der Waals surface area contributed by atoms with Crippen LogP contribution in [0.3, 0.4) is 0 Å². The SMILES string of the molecule is CCCNC(Cc1c(F)cccc1F)CC1CCCC1. The van der Waals surface area contributed by atoms with Crippen LogP contribution in [0.5, 0.6) is 0 Å². The number of nitrogens with one attached hydrogen (secondary N) is 1. The van der Waals surface area contributed by atoms with Crippen molar-refractivity contribution in [3.8, 4) is 0 Å². The zero-order chi connectivity index (χ0) is 14.4. The summed E-state index contributed by atoms with van der Waals surface area (Å²) in [6.45, 7) is 3.02. The smallest absolute Gasteiger partial charge is 0.129 e. The molecule has 1 aromatic rings.